The first-order chi connectivity index (χ1) is 17.6. The number of aliphatic hydroxyl groups excluding tert-OH is 1. The average molecular weight is 488 g/mol. The van der Waals surface area contributed by atoms with Crippen molar-refractivity contribution in [3.63, 3.8) is 0 Å². The molecule has 0 radical (unpaired) electrons. The van der Waals surface area contributed by atoms with Crippen LogP contribution in [-0.4, -0.2) is 36.1 Å². The van der Waals surface area contributed by atoms with Gasteiger partial charge >= 0.3 is 0 Å². The van der Waals surface area contributed by atoms with Crippen molar-refractivity contribution in [2.75, 3.05) is 18.5 Å². The number of aliphatic imine (C=N–C) groups is 2. The summed E-state index contributed by atoms with van der Waals surface area (Å²) in [6.07, 6.45) is 16.1. The molecule has 0 saturated heterocycles. The Balaban J connectivity index is 1.62. The summed E-state index contributed by atoms with van der Waals surface area (Å²) < 4.78 is 13.1. The molecule has 1 amide bonds. The monoisotopic (exact) mass is 487 g/mol. The molecule has 0 aliphatic carbocycles. The van der Waals surface area contributed by atoms with Crippen molar-refractivity contribution >= 4 is 23.5 Å². The van der Waals surface area contributed by atoms with Gasteiger partial charge in [-0.05, 0) is 79.5 Å². The third kappa shape index (κ3) is 9.92. The molecule has 1 unspecified atom stereocenters. The Morgan fingerprint density at radius 1 is 1.08 bits per heavy atom. The quantitative estimate of drug-likeness (QED) is 0.155. The van der Waals surface area contributed by atoms with Crippen molar-refractivity contribution in [2.45, 2.75) is 38.5 Å². The Bertz CT molecular complexity index is 1100. The fourth-order valence-electron chi connectivity index (χ4n) is 3.92. The second-order valence-corrected chi connectivity index (χ2v) is 8.74. The Morgan fingerprint density at radius 2 is 1.89 bits per heavy atom. The Labute approximate surface area is 212 Å². The molecule has 2 aromatic rings. The molecule has 1 heterocycles. The highest BCUT2D eigenvalue weighted by Crippen LogP contribution is 2.23. The van der Waals surface area contributed by atoms with Crippen LogP contribution in [0.5, 0.6) is 0 Å². The number of benzene rings is 2. The molecule has 2 aromatic carbocycles. The average Bonchev–Trinajstić information content (AvgIpc) is 3.34. The van der Waals surface area contributed by atoms with E-state index in [-0.39, 0.29) is 18.3 Å². The normalized spacial score (nSPS) is 16.3. The van der Waals surface area contributed by atoms with Crippen LogP contribution in [0.2, 0.25) is 0 Å². The summed E-state index contributed by atoms with van der Waals surface area (Å²) >= 11 is 0. The first-order valence-electron chi connectivity index (χ1n) is 12.5. The number of aliphatic hydroxyl groups is 1. The van der Waals surface area contributed by atoms with Gasteiger partial charge in [0.2, 0.25) is 5.91 Å². The van der Waals surface area contributed by atoms with E-state index < -0.39 is 0 Å². The molecule has 0 fully saturated rings. The van der Waals surface area contributed by atoms with Crippen molar-refractivity contribution in [2.24, 2.45) is 15.9 Å². The van der Waals surface area contributed by atoms with Gasteiger partial charge in [0, 0.05) is 43.0 Å². The van der Waals surface area contributed by atoms with Gasteiger partial charge in [-0.25, -0.2) is 4.39 Å². The Morgan fingerprint density at radius 3 is 2.67 bits per heavy atom. The number of allylic oxidation sites excluding steroid dienone is 4. The highest BCUT2D eigenvalue weighted by atomic mass is 19.1. The second-order valence-electron chi connectivity index (χ2n) is 8.74. The van der Waals surface area contributed by atoms with E-state index in [1.807, 2.05) is 24.4 Å². The Kier molecular flexibility index (Phi) is 11.5. The smallest absolute Gasteiger partial charge is 0.248 e. The fraction of sp³-hybridized carbons (Fsp3) is 0.300. The van der Waals surface area contributed by atoms with Gasteiger partial charge in [0.1, 0.15) is 5.82 Å². The zero-order valence-corrected chi connectivity index (χ0v) is 20.5. The van der Waals surface area contributed by atoms with Crippen molar-refractivity contribution in [1.29, 1.82) is 0 Å². The first kappa shape index (κ1) is 27.0. The van der Waals surface area contributed by atoms with Crippen LogP contribution >= 0.6 is 0 Å². The predicted octanol–water partition coefficient (Wildman–Crippen LogP) is 6.09. The van der Waals surface area contributed by atoms with Gasteiger partial charge < -0.3 is 10.4 Å². The summed E-state index contributed by atoms with van der Waals surface area (Å²) in [5.41, 5.74) is 3.78. The van der Waals surface area contributed by atoms with Gasteiger partial charge in [-0.15, -0.1) is 0 Å². The predicted molar refractivity (Wildman–Crippen MR) is 146 cm³/mol. The summed E-state index contributed by atoms with van der Waals surface area (Å²) in [6.45, 7) is 1.01. The van der Waals surface area contributed by atoms with Gasteiger partial charge in [-0.3, -0.25) is 14.8 Å². The van der Waals surface area contributed by atoms with Crippen molar-refractivity contribution in [3.05, 3.63) is 102 Å². The number of hydrogen-bond donors (Lipinski definition) is 2. The van der Waals surface area contributed by atoms with Gasteiger partial charge in [0.15, 0.2) is 0 Å². The van der Waals surface area contributed by atoms with Crippen molar-refractivity contribution < 1.29 is 14.3 Å². The van der Waals surface area contributed by atoms with Crippen LogP contribution in [0, 0.1) is 11.7 Å². The number of amides is 1. The lowest BCUT2D eigenvalue weighted by atomic mass is 9.94. The van der Waals surface area contributed by atoms with E-state index in [1.165, 1.54) is 35.9 Å². The molecule has 0 aromatic heterocycles. The molecule has 2 N–H and O–H groups in total. The number of unbranched alkanes of at least 4 members (excludes halogenated alkanes) is 3. The molecule has 0 spiro atoms. The largest absolute Gasteiger partial charge is 0.396 e. The molecule has 1 aliphatic heterocycles. The van der Waals surface area contributed by atoms with E-state index in [9.17, 15) is 9.18 Å². The SMILES string of the molecule is O=C(/C=C/C=C(\C=C\N=CCCCCCO)C1=NCC(Cc2ccccc2)C1)Nc1ccc(F)cc1. The number of nitrogens with zero attached hydrogens (tertiary/aromatic N) is 2. The van der Waals surface area contributed by atoms with E-state index in [0.29, 0.717) is 11.6 Å². The topological polar surface area (TPSA) is 74.0 Å². The third-order valence-corrected chi connectivity index (χ3v) is 5.79. The number of hydrogen-bond acceptors (Lipinski definition) is 4. The molecular formula is C30H34FN3O2. The lowest BCUT2D eigenvalue weighted by Crippen LogP contribution is -2.08. The minimum absolute atomic E-state index is 0.230. The number of carbonyl (C=O) groups excluding carboxylic acids is 1. The first-order valence-corrected chi connectivity index (χ1v) is 12.5. The molecule has 5 nitrogen and oxygen atoms in total. The lowest BCUT2D eigenvalue weighted by molar-refractivity contribution is -0.111. The number of rotatable bonds is 13. The van der Waals surface area contributed by atoms with Crippen LogP contribution in [0.25, 0.3) is 0 Å². The standard InChI is InChI=1S/C30H34FN3O2/c31-27-13-15-28(16-14-27)34-30(36)12-8-11-26(17-19-32-18-6-1-2-7-20-35)29-22-25(23-33-29)21-24-9-4-3-5-10-24/h3-5,8-19,25,35H,1-2,6-7,20-23H2,(H,34,36)/b12-8+,19-17+,26-11+,32-18?. The van der Waals surface area contributed by atoms with E-state index in [0.717, 1.165) is 56.4 Å². The van der Waals surface area contributed by atoms with Crippen LogP contribution in [0.15, 0.2) is 101 Å². The zero-order chi connectivity index (χ0) is 25.4. The number of anilines is 1. The van der Waals surface area contributed by atoms with E-state index in [1.54, 1.807) is 12.3 Å². The molecule has 1 aliphatic rings. The summed E-state index contributed by atoms with van der Waals surface area (Å²) in [4.78, 5) is 21.4. The minimum Gasteiger partial charge on any atom is -0.396 e. The molecule has 0 bridgehead atoms. The van der Waals surface area contributed by atoms with Gasteiger partial charge in [0.25, 0.3) is 0 Å². The summed E-state index contributed by atoms with van der Waals surface area (Å²) in [5, 5.41) is 11.6. The third-order valence-electron chi connectivity index (χ3n) is 5.79. The summed E-state index contributed by atoms with van der Waals surface area (Å²) in [7, 11) is 0. The molecule has 1 atom stereocenters. The van der Waals surface area contributed by atoms with Gasteiger partial charge in [-0.2, -0.15) is 0 Å². The highest BCUT2D eigenvalue weighted by Gasteiger charge is 2.20. The molecular weight excluding hydrogens is 453 g/mol. The number of carbonyl (C=O) groups is 1. The van der Waals surface area contributed by atoms with E-state index in [2.05, 4.69) is 34.6 Å². The Hall–Kier alpha value is -3.64. The molecule has 6 heteroatoms. The van der Waals surface area contributed by atoms with Gasteiger partial charge in [0.05, 0.1) is 0 Å². The molecule has 0 saturated carbocycles. The summed E-state index contributed by atoms with van der Waals surface area (Å²) in [5.74, 6) is -0.198. The van der Waals surface area contributed by atoms with Crippen LogP contribution in [0.1, 0.15) is 37.7 Å². The minimum atomic E-state index is -0.348. The maximum atomic E-state index is 13.1. The van der Waals surface area contributed by atoms with E-state index >= 15 is 0 Å². The maximum absolute atomic E-state index is 13.1. The molecule has 188 valence electrons. The maximum Gasteiger partial charge on any atom is 0.248 e. The van der Waals surface area contributed by atoms with Crippen molar-refractivity contribution in [3.8, 4) is 0 Å². The van der Waals surface area contributed by atoms with Crippen molar-refractivity contribution in [1.82, 2.24) is 0 Å². The van der Waals surface area contributed by atoms with Crippen LogP contribution in [0.3, 0.4) is 0 Å². The van der Waals surface area contributed by atoms with Crippen LogP contribution in [0.4, 0.5) is 10.1 Å². The fourth-order valence-corrected chi connectivity index (χ4v) is 3.92. The number of halogens is 1. The highest BCUT2D eigenvalue weighted by molar-refractivity contribution is 6.04. The number of nitrogens with one attached hydrogen (secondary N) is 1. The lowest BCUT2D eigenvalue weighted by Gasteiger charge is -2.09. The van der Waals surface area contributed by atoms with Gasteiger partial charge in [-0.1, -0.05) is 48.9 Å². The second kappa shape index (κ2) is 15.4. The summed E-state index contributed by atoms with van der Waals surface area (Å²) in [6, 6.07) is 16.1. The molecule has 3 rings (SSSR count). The van der Waals surface area contributed by atoms with Crippen LogP contribution < -0.4 is 5.32 Å². The molecule has 36 heavy (non-hydrogen) atoms. The van der Waals surface area contributed by atoms with Crippen LogP contribution in [-0.2, 0) is 11.2 Å². The van der Waals surface area contributed by atoms with E-state index in [4.69, 9.17) is 10.1 Å². The zero-order valence-electron chi connectivity index (χ0n) is 20.5.